The lowest BCUT2D eigenvalue weighted by atomic mass is 10.2. The minimum absolute atomic E-state index is 0.267. The van der Waals surface area contributed by atoms with Crippen LogP contribution in [-0.2, 0) is 0 Å². The Morgan fingerprint density at radius 3 is 2.53 bits per heavy atom. The van der Waals surface area contributed by atoms with Crippen LogP contribution in [0.5, 0.6) is 0 Å². The van der Waals surface area contributed by atoms with E-state index in [2.05, 4.69) is 18.7 Å². The standard InChI is InChI=1S/C9H17N3O2S/c1-7(2)11-5-8(12(13)14)9(15-4)10(3)6-11/h7H,5-6H2,1-4H3. The second-order valence-electron chi connectivity index (χ2n) is 3.89. The molecule has 0 aromatic rings. The van der Waals surface area contributed by atoms with E-state index >= 15 is 0 Å². The summed E-state index contributed by atoms with van der Waals surface area (Å²) in [6, 6.07) is 0.325. The molecule has 0 N–H and O–H groups in total. The van der Waals surface area contributed by atoms with E-state index in [1.807, 2.05) is 18.2 Å². The molecule has 0 atom stereocenters. The summed E-state index contributed by atoms with van der Waals surface area (Å²) in [4.78, 5) is 14.7. The topological polar surface area (TPSA) is 49.6 Å². The fourth-order valence-corrected chi connectivity index (χ4v) is 2.37. The maximum absolute atomic E-state index is 10.9. The first-order valence-corrected chi connectivity index (χ1v) is 6.06. The van der Waals surface area contributed by atoms with Crippen molar-refractivity contribution in [1.29, 1.82) is 0 Å². The first-order chi connectivity index (χ1) is 6.97. The van der Waals surface area contributed by atoms with Crippen molar-refractivity contribution in [3.8, 4) is 0 Å². The lowest BCUT2D eigenvalue weighted by molar-refractivity contribution is -0.431. The molecule has 1 heterocycles. The molecular weight excluding hydrogens is 214 g/mol. The van der Waals surface area contributed by atoms with Gasteiger partial charge in [-0.2, -0.15) is 0 Å². The largest absolute Gasteiger partial charge is 0.351 e. The molecule has 0 aromatic heterocycles. The lowest BCUT2D eigenvalue weighted by Gasteiger charge is -2.35. The molecule has 0 saturated heterocycles. The lowest BCUT2D eigenvalue weighted by Crippen LogP contribution is -2.46. The van der Waals surface area contributed by atoms with Gasteiger partial charge in [-0.25, -0.2) is 0 Å². The van der Waals surface area contributed by atoms with Crippen molar-refractivity contribution in [3.05, 3.63) is 20.8 Å². The zero-order valence-corrected chi connectivity index (χ0v) is 10.4. The van der Waals surface area contributed by atoms with Crippen LogP contribution in [0.2, 0.25) is 0 Å². The van der Waals surface area contributed by atoms with E-state index in [-0.39, 0.29) is 4.92 Å². The van der Waals surface area contributed by atoms with Gasteiger partial charge in [-0.3, -0.25) is 15.0 Å². The summed E-state index contributed by atoms with van der Waals surface area (Å²) in [5, 5.41) is 11.7. The van der Waals surface area contributed by atoms with E-state index in [9.17, 15) is 10.1 Å². The minimum atomic E-state index is -0.267. The van der Waals surface area contributed by atoms with Crippen LogP contribution in [0, 0.1) is 10.1 Å². The molecular formula is C9H17N3O2S. The number of nitrogens with zero attached hydrogens (tertiary/aromatic N) is 3. The zero-order valence-electron chi connectivity index (χ0n) is 9.56. The number of hydrogen-bond acceptors (Lipinski definition) is 5. The molecule has 0 aliphatic carbocycles. The Morgan fingerprint density at radius 1 is 1.53 bits per heavy atom. The monoisotopic (exact) mass is 231 g/mol. The molecule has 0 fully saturated rings. The van der Waals surface area contributed by atoms with Crippen molar-refractivity contribution in [2.45, 2.75) is 19.9 Å². The molecule has 0 saturated carbocycles. The van der Waals surface area contributed by atoms with Gasteiger partial charge in [0.25, 0.3) is 5.70 Å². The van der Waals surface area contributed by atoms with Crippen molar-refractivity contribution in [2.75, 3.05) is 26.5 Å². The molecule has 5 nitrogen and oxygen atoms in total. The van der Waals surface area contributed by atoms with Gasteiger partial charge in [0.05, 0.1) is 18.1 Å². The molecule has 86 valence electrons. The highest BCUT2D eigenvalue weighted by molar-refractivity contribution is 8.02. The van der Waals surface area contributed by atoms with Gasteiger partial charge in [0, 0.05) is 13.1 Å². The zero-order chi connectivity index (χ0) is 11.6. The average molecular weight is 231 g/mol. The summed E-state index contributed by atoms with van der Waals surface area (Å²) in [7, 11) is 1.89. The van der Waals surface area contributed by atoms with Gasteiger partial charge in [-0.1, -0.05) is 0 Å². The first-order valence-electron chi connectivity index (χ1n) is 4.84. The molecule has 0 radical (unpaired) electrons. The van der Waals surface area contributed by atoms with Crippen molar-refractivity contribution in [2.24, 2.45) is 0 Å². The predicted octanol–water partition coefficient (Wildman–Crippen LogP) is 1.41. The molecule has 1 aliphatic rings. The highest BCUT2D eigenvalue weighted by atomic mass is 32.2. The fraction of sp³-hybridized carbons (Fsp3) is 0.778. The first kappa shape index (κ1) is 12.3. The fourth-order valence-electron chi connectivity index (χ4n) is 1.62. The second-order valence-corrected chi connectivity index (χ2v) is 4.69. The molecule has 0 spiro atoms. The van der Waals surface area contributed by atoms with Crippen LogP contribution in [0.25, 0.3) is 0 Å². The van der Waals surface area contributed by atoms with Crippen LogP contribution < -0.4 is 0 Å². The summed E-state index contributed by atoms with van der Waals surface area (Å²) in [6.45, 7) is 5.29. The van der Waals surface area contributed by atoms with Gasteiger partial charge in [0.1, 0.15) is 5.03 Å². The maximum atomic E-state index is 10.9. The van der Waals surface area contributed by atoms with Crippen LogP contribution >= 0.6 is 11.8 Å². The number of rotatable bonds is 3. The van der Waals surface area contributed by atoms with Gasteiger partial charge in [0.2, 0.25) is 0 Å². The molecule has 0 unspecified atom stereocenters. The van der Waals surface area contributed by atoms with E-state index in [1.165, 1.54) is 11.8 Å². The van der Waals surface area contributed by atoms with Crippen LogP contribution in [0.4, 0.5) is 0 Å². The van der Waals surface area contributed by atoms with E-state index in [1.54, 1.807) is 0 Å². The van der Waals surface area contributed by atoms with E-state index < -0.39 is 0 Å². The molecule has 6 heteroatoms. The van der Waals surface area contributed by atoms with E-state index in [4.69, 9.17) is 0 Å². The third-order valence-corrected chi connectivity index (χ3v) is 3.42. The Kier molecular flexibility index (Phi) is 3.98. The third-order valence-electron chi connectivity index (χ3n) is 2.48. The second kappa shape index (κ2) is 4.85. The molecule has 1 aliphatic heterocycles. The molecule has 0 amide bonds. The van der Waals surface area contributed by atoms with E-state index in [0.717, 1.165) is 11.7 Å². The minimum Gasteiger partial charge on any atom is -0.351 e. The highest BCUT2D eigenvalue weighted by Crippen LogP contribution is 2.26. The maximum Gasteiger partial charge on any atom is 0.289 e. The molecule has 1 rings (SSSR count). The predicted molar refractivity (Wildman–Crippen MR) is 62.0 cm³/mol. The highest BCUT2D eigenvalue weighted by Gasteiger charge is 2.31. The van der Waals surface area contributed by atoms with Crippen molar-refractivity contribution in [1.82, 2.24) is 9.80 Å². The van der Waals surface area contributed by atoms with Gasteiger partial charge < -0.3 is 4.90 Å². The average Bonchev–Trinajstić information content (AvgIpc) is 2.16. The van der Waals surface area contributed by atoms with Crippen LogP contribution in [-0.4, -0.2) is 47.3 Å². The van der Waals surface area contributed by atoms with Crippen LogP contribution in [0.15, 0.2) is 10.7 Å². The molecule has 0 bridgehead atoms. The number of thioether (sulfide) groups is 1. The quantitative estimate of drug-likeness (QED) is 0.543. The molecule has 0 aromatic carbocycles. The summed E-state index contributed by atoms with van der Waals surface area (Å²) in [5.41, 5.74) is 0.310. The molecule has 15 heavy (non-hydrogen) atoms. The van der Waals surface area contributed by atoms with Gasteiger partial charge in [0.15, 0.2) is 0 Å². The Balaban J connectivity index is 2.97. The van der Waals surface area contributed by atoms with Crippen LogP contribution in [0.3, 0.4) is 0 Å². The summed E-state index contributed by atoms with van der Waals surface area (Å²) in [6.07, 6.45) is 1.88. The van der Waals surface area contributed by atoms with Crippen molar-refractivity contribution in [3.63, 3.8) is 0 Å². The van der Waals surface area contributed by atoms with Gasteiger partial charge in [-0.15, -0.1) is 11.8 Å². The smallest absolute Gasteiger partial charge is 0.289 e. The summed E-state index contributed by atoms with van der Waals surface area (Å²) in [5.74, 6) is 0. The van der Waals surface area contributed by atoms with Gasteiger partial charge in [-0.05, 0) is 20.1 Å². The Bertz CT molecular complexity index is 291. The van der Waals surface area contributed by atoms with E-state index in [0.29, 0.717) is 18.3 Å². The Hall–Kier alpha value is -0.750. The summed E-state index contributed by atoms with van der Waals surface area (Å²) >= 11 is 1.44. The summed E-state index contributed by atoms with van der Waals surface area (Å²) < 4.78 is 0. The van der Waals surface area contributed by atoms with Crippen molar-refractivity contribution < 1.29 is 4.92 Å². The van der Waals surface area contributed by atoms with Gasteiger partial charge >= 0.3 is 0 Å². The number of hydrogen-bond donors (Lipinski definition) is 0. The number of nitro groups is 1. The normalized spacial score (nSPS) is 18.9. The Morgan fingerprint density at radius 2 is 2.13 bits per heavy atom. The van der Waals surface area contributed by atoms with Crippen LogP contribution in [0.1, 0.15) is 13.8 Å². The Labute approximate surface area is 94.3 Å². The SMILES string of the molecule is CSC1=C([N+](=O)[O-])CN(C(C)C)CN1C. The third kappa shape index (κ3) is 2.63. The van der Waals surface area contributed by atoms with Crippen molar-refractivity contribution >= 4 is 11.8 Å².